The van der Waals surface area contributed by atoms with E-state index in [1.165, 1.54) is 59.0 Å². The van der Waals surface area contributed by atoms with Crippen LogP contribution in [0.2, 0.25) is 0 Å². The van der Waals surface area contributed by atoms with Crippen molar-refractivity contribution in [3.05, 3.63) is 58.9 Å². The van der Waals surface area contributed by atoms with Crippen molar-refractivity contribution in [3.8, 4) is 5.69 Å². The van der Waals surface area contributed by atoms with Gasteiger partial charge in [-0.3, -0.25) is 4.57 Å². The molecule has 4 aromatic rings. The number of hydrogen-bond acceptors (Lipinski definition) is 4. The second-order valence-corrected chi connectivity index (χ2v) is 10.8. The highest BCUT2D eigenvalue weighted by Gasteiger charge is 2.26. The summed E-state index contributed by atoms with van der Waals surface area (Å²) in [4.78, 5) is 9.87. The first-order chi connectivity index (χ1) is 16.2. The van der Waals surface area contributed by atoms with Crippen LogP contribution in [-0.4, -0.2) is 32.7 Å². The predicted octanol–water partition coefficient (Wildman–Crippen LogP) is 6.53. The monoisotopic (exact) mass is 455 g/mol. The lowest BCUT2D eigenvalue weighted by Crippen LogP contribution is -2.49. The molecule has 0 atom stereocenters. The number of nitrogens with one attached hydrogen (secondary N) is 2. The van der Waals surface area contributed by atoms with E-state index in [9.17, 15) is 0 Å². The number of para-hydroxylation sites is 1. The molecule has 0 unspecified atom stereocenters. The van der Waals surface area contributed by atoms with Gasteiger partial charge in [-0.05, 0) is 71.6 Å². The Hall–Kier alpha value is -2.92. The van der Waals surface area contributed by atoms with Crippen molar-refractivity contribution in [2.24, 2.45) is 0 Å². The molecule has 1 aliphatic rings. The maximum Gasteiger partial charge on any atom is 0.151 e. The SMILES string of the molecule is Cc1cc(C)c(-n2c3ccccc3c3c(NCC(C)(C)NC4CCCC4)nc(C)nc32)c(C)c1. The van der Waals surface area contributed by atoms with E-state index in [4.69, 9.17) is 9.97 Å². The zero-order valence-electron chi connectivity index (χ0n) is 21.4. The van der Waals surface area contributed by atoms with E-state index in [0.717, 1.165) is 29.2 Å². The van der Waals surface area contributed by atoms with Crippen LogP contribution in [0.3, 0.4) is 0 Å². The highest BCUT2D eigenvalue weighted by Crippen LogP contribution is 2.37. The van der Waals surface area contributed by atoms with Gasteiger partial charge >= 0.3 is 0 Å². The Morgan fingerprint density at radius 2 is 1.65 bits per heavy atom. The molecule has 0 aliphatic heterocycles. The Morgan fingerprint density at radius 3 is 2.35 bits per heavy atom. The van der Waals surface area contributed by atoms with Crippen LogP contribution in [0.4, 0.5) is 5.82 Å². The zero-order valence-corrected chi connectivity index (χ0v) is 21.4. The molecule has 1 saturated carbocycles. The average molecular weight is 456 g/mol. The van der Waals surface area contributed by atoms with E-state index in [-0.39, 0.29) is 5.54 Å². The van der Waals surface area contributed by atoms with E-state index in [1.54, 1.807) is 0 Å². The fourth-order valence-corrected chi connectivity index (χ4v) is 5.82. The van der Waals surface area contributed by atoms with Crippen LogP contribution < -0.4 is 10.6 Å². The third-order valence-electron chi connectivity index (χ3n) is 7.13. The molecule has 2 N–H and O–H groups in total. The number of fused-ring (bicyclic) bond motifs is 3. The van der Waals surface area contributed by atoms with Gasteiger partial charge in [0.15, 0.2) is 5.65 Å². The number of aryl methyl sites for hydroxylation is 4. The van der Waals surface area contributed by atoms with E-state index < -0.39 is 0 Å². The van der Waals surface area contributed by atoms with Crippen molar-refractivity contribution >= 4 is 27.8 Å². The van der Waals surface area contributed by atoms with Crippen LogP contribution in [0.15, 0.2) is 36.4 Å². The van der Waals surface area contributed by atoms with Gasteiger partial charge in [-0.25, -0.2) is 9.97 Å². The summed E-state index contributed by atoms with van der Waals surface area (Å²) < 4.78 is 2.33. The summed E-state index contributed by atoms with van der Waals surface area (Å²) in [5.41, 5.74) is 7.11. The van der Waals surface area contributed by atoms with Gasteiger partial charge < -0.3 is 10.6 Å². The number of hydrogen-bond donors (Lipinski definition) is 2. The van der Waals surface area contributed by atoms with Crippen molar-refractivity contribution in [2.75, 3.05) is 11.9 Å². The Labute approximate surface area is 203 Å². The van der Waals surface area contributed by atoms with E-state index in [2.05, 4.69) is 86.2 Å². The highest BCUT2D eigenvalue weighted by atomic mass is 15.1. The molecule has 178 valence electrons. The van der Waals surface area contributed by atoms with Gasteiger partial charge in [0, 0.05) is 23.5 Å². The molecule has 0 spiro atoms. The van der Waals surface area contributed by atoms with E-state index in [0.29, 0.717) is 6.04 Å². The topological polar surface area (TPSA) is 54.8 Å². The number of rotatable bonds is 6. The quantitative estimate of drug-likeness (QED) is 0.347. The van der Waals surface area contributed by atoms with Crippen molar-refractivity contribution in [1.82, 2.24) is 19.9 Å². The number of nitrogens with zero attached hydrogens (tertiary/aromatic N) is 3. The van der Waals surface area contributed by atoms with Gasteiger partial charge in [0.1, 0.15) is 11.6 Å². The van der Waals surface area contributed by atoms with Crippen molar-refractivity contribution in [1.29, 1.82) is 0 Å². The first-order valence-electron chi connectivity index (χ1n) is 12.6. The smallest absolute Gasteiger partial charge is 0.151 e. The summed E-state index contributed by atoms with van der Waals surface area (Å²) in [6, 6.07) is 13.7. The minimum Gasteiger partial charge on any atom is -0.368 e. The lowest BCUT2D eigenvalue weighted by Gasteiger charge is -2.30. The first-order valence-corrected chi connectivity index (χ1v) is 12.6. The average Bonchev–Trinajstić information content (AvgIpc) is 3.37. The molecule has 2 aromatic carbocycles. The molecule has 34 heavy (non-hydrogen) atoms. The normalized spacial score (nSPS) is 15.0. The summed E-state index contributed by atoms with van der Waals surface area (Å²) in [6.07, 6.45) is 5.24. The van der Waals surface area contributed by atoms with Crippen LogP contribution in [0.25, 0.3) is 27.6 Å². The second-order valence-electron chi connectivity index (χ2n) is 10.8. The van der Waals surface area contributed by atoms with Gasteiger partial charge in [0.25, 0.3) is 0 Å². The molecule has 0 amide bonds. The van der Waals surface area contributed by atoms with Gasteiger partial charge in [-0.15, -0.1) is 0 Å². The Balaban J connectivity index is 1.64. The fraction of sp³-hybridized carbons (Fsp3) is 0.448. The summed E-state index contributed by atoms with van der Waals surface area (Å²) in [5, 5.41) is 9.85. The van der Waals surface area contributed by atoms with Crippen LogP contribution in [-0.2, 0) is 0 Å². The molecule has 5 rings (SSSR count). The Kier molecular flexibility index (Phi) is 5.85. The molecular weight excluding hydrogens is 418 g/mol. The first kappa shape index (κ1) is 22.9. The molecule has 5 nitrogen and oxygen atoms in total. The van der Waals surface area contributed by atoms with E-state index >= 15 is 0 Å². The molecule has 2 heterocycles. The van der Waals surface area contributed by atoms with Crippen LogP contribution in [0, 0.1) is 27.7 Å². The standard InChI is InChI=1S/C29H37N5/c1-18-15-19(2)26(20(3)16-18)34-24-14-10-9-13-23(24)25-27(31-21(4)32-28(25)34)30-17-29(5,6)33-22-11-7-8-12-22/h9-10,13-16,22,33H,7-8,11-12,17H2,1-6H3,(H,30,31,32). The molecule has 0 bridgehead atoms. The van der Waals surface area contributed by atoms with Crippen LogP contribution in [0.5, 0.6) is 0 Å². The largest absolute Gasteiger partial charge is 0.368 e. The van der Waals surface area contributed by atoms with Crippen molar-refractivity contribution in [2.45, 2.75) is 78.8 Å². The Bertz CT molecular complexity index is 1340. The minimum atomic E-state index is -0.0251. The van der Waals surface area contributed by atoms with Gasteiger partial charge in [-0.2, -0.15) is 0 Å². The number of anilines is 1. The van der Waals surface area contributed by atoms with Gasteiger partial charge in [0.2, 0.25) is 0 Å². The van der Waals surface area contributed by atoms with Crippen molar-refractivity contribution < 1.29 is 0 Å². The second kappa shape index (κ2) is 8.70. The third-order valence-corrected chi connectivity index (χ3v) is 7.13. The van der Waals surface area contributed by atoms with E-state index in [1.807, 2.05) is 6.92 Å². The summed E-state index contributed by atoms with van der Waals surface area (Å²) in [5.74, 6) is 1.70. The van der Waals surface area contributed by atoms with Crippen LogP contribution >= 0.6 is 0 Å². The fourth-order valence-electron chi connectivity index (χ4n) is 5.82. The van der Waals surface area contributed by atoms with Crippen molar-refractivity contribution in [3.63, 3.8) is 0 Å². The maximum atomic E-state index is 4.98. The predicted molar refractivity (Wildman–Crippen MR) is 143 cm³/mol. The molecule has 1 aliphatic carbocycles. The molecular formula is C29H37N5. The molecule has 1 fully saturated rings. The van der Waals surface area contributed by atoms with Gasteiger partial charge in [-0.1, -0.05) is 48.7 Å². The Morgan fingerprint density at radius 1 is 0.971 bits per heavy atom. The lowest BCUT2D eigenvalue weighted by atomic mass is 10.0. The van der Waals surface area contributed by atoms with Gasteiger partial charge in [0.05, 0.1) is 16.6 Å². The summed E-state index contributed by atoms with van der Waals surface area (Å²) in [6.45, 7) is 13.9. The number of aromatic nitrogens is 3. The summed E-state index contributed by atoms with van der Waals surface area (Å²) in [7, 11) is 0. The molecule has 0 saturated heterocycles. The maximum absolute atomic E-state index is 4.98. The molecule has 0 radical (unpaired) electrons. The number of benzene rings is 2. The lowest BCUT2D eigenvalue weighted by molar-refractivity contribution is 0.349. The zero-order chi connectivity index (χ0) is 24.0. The highest BCUT2D eigenvalue weighted by molar-refractivity contribution is 6.13. The third kappa shape index (κ3) is 4.18. The molecule has 5 heteroatoms. The van der Waals surface area contributed by atoms with Crippen LogP contribution in [0.1, 0.15) is 62.0 Å². The minimum absolute atomic E-state index is 0.0251. The summed E-state index contributed by atoms with van der Waals surface area (Å²) >= 11 is 0. The molecule has 2 aromatic heterocycles.